The van der Waals surface area contributed by atoms with Gasteiger partial charge in [-0.05, 0) is 120 Å². The smallest absolute Gasteiger partial charge is 0.326 e. The van der Waals surface area contributed by atoms with Crippen molar-refractivity contribution in [3.8, 4) is 11.5 Å². The Hall–Kier alpha value is -10.5. The number of H-pyrrole nitrogens is 4. The Morgan fingerprint density at radius 3 is 0.973 bits per heavy atom. The number of carboxylic acid groups (broad SMARTS) is 2. The quantitative estimate of drug-likeness (QED) is 0.0158. The topological polar surface area (TPSA) is 361 Å². The summed E-state index contributed by atoms with van der Waals surface area (Å²) in [5, 5.41) is 42.0. The van der Waals surface area contributed by atoms with Gasteiger partial charge in [0.1, 0.15) is 23.6 Å². The Morgan fingerprint density at radius 1 is 0.360 bits per heavy atom. The summed E-state index contributed by atoms with van der Waals surface area (Å²) in [4.78, 5) is 93.3. The fourth-order valence-corrected chi connectivity index (χ4v) is 12.9. The second kappa shape index (κ2) is 43.8. The van der Waals surface area contributed by atoms with Crippen LogP contribution in [0.25, 0.3) is 43.6 Å². The third-order valence-corrected chi connectivity index (χ3v) is 18.6. The van der Waals surface area contributed by atoms with Crippen molar-refractivity contribution in [1.82, 2.24) is 41.2 Å². The molecule has 0 aliphatic heterocycles. The Bertz CT molecular complexity index is 4320. The first-order chi connectivity index (χ1) is 54.0. The number of amides is 4. The Balaban J connectivity index is 0.589. The van der Waals surface area contributed by atoms with Gasteiger partial charge in [-0.2, -0.15) is 0 Å². The summed E-state index contributed by atoms with van der Waals surface area (Å²) in [6, 6.07) is 37.4. The monoisotopic (exact) mass is 1520 g/mol. The van der Waals surface area contributed by atoms with Crippen molar-refractivity contribution in [3.05, 3.63) is 192 Å². The first-order valence-electron chi connectivity index (χ1n) is 38.0. The molecule has 0 fully saturated rings. The Morgan fingerprint density at radius 2 is 0.658 bits per heavy atom. The largest absolute Gasteiger partial charge is 0.491 e. The lowest BCUT2D eigenvalue weighted by Crippen LogP contribution is -2.43. The second-order valence-electron chi connectivity index (χ2n) is 27.7. The van der Waals surface area contributed by atoms with Crippen LogP contribution in [-0.4, -0.2) is 209 Å². The van der Waals surface area contributed by atoms with Gasteiger partial charge in [0.05, 0.1) is 129 Å². The number of carbonyl (C=O) groups excluding carboxylic acids is 4. The Kier molecular flexibility index (Phi) is 32.8. The van der Waals surface area contributed by atoms with E-state index in [-0.39, 0.29) is 72.3 Å². The number of aromatic nitrogens is 4. The minimum Gasteiger partial charge on any atom is -0.491 e. The lowest BCUT2D eigenvalue weighted by atomic mass is 10.0. The summed E-state index contributed by atoms with van der Waals surface area (Å²) in [5.74, 6) is -3.53. The van der Waals surface area contributed by atoms with Crippen LogP contribution in [0.3, 0.4) is 0 Å². The Labute approximate surface area is 645 Å². The number of benzene rings is 6. The van der Waals surface area contributed by atoms with Gasteiger partial charge in [0.2, 0.25) is 11.8 Å². The van der Waals surface area contributed by atoms with Crippen molar-refractivity contribution >= 4 is 90.6 Å². The fourth-order valence-electron chi connectivity index (χ4n) is 12.9. The molecule has 0 saturated carbocycles. The molecule has 0 unspecified atom stereocenters. The van der Waals surface area contributed by atoms with E-state index in [0.29, 0.717) is 143 Å². The van der Waals surface area contributed by atoms with E-state index >= 15 is 0 Å². The molecule has 111 heavy (non-hydrogen) atoms. The molecule has 0 bridgehead atoms. The first-order valence-corrected chi connectivity index (χ1v) is 38.0. The maximum Gasteiger partial charge on any atom is 0.326 e. The molecule has 0 saturated heterocycles. The number of hydrogen-bond donors (Lipinski definition) is 12. The zero-order valence-corrected chi connectivity index (χ0v) is 63.5. The lowest BCUT2D eigenvalue weighted by Gasteiger charge is -2.21. The number of anilines is 2. The number of para-hydroxylation sites is 4. The highest BCUT2D eigenvalue weighted by Gasteiger charge is 2.28. The molecule has 10 aromatic rings. The average Bonchev–Trinajstić information content (AvgIpc) is 1.78. The third-order valence-electron chi connectivity index (χ3n) is 18.6. The van der Waals surface area contributed by atoms with Crippen molar-refractivity contribution in [2.45, 2.75) is 90.4 Å². The van der Waals surface area contributed by atoms with Crippen molar-refractivity contribution < 1.29 is 81.6 Å². The third kappa shape index (κ3) is 25.8. The number of carboxylic acids is 2. The highest BCUT2D eigenvalue weighted by Crippen LogP contribution is 2.31. The van der Waals surface area contributed by atoms with Crippen LogP contribution in [0.1, 0.15) is 83.5 Å². The highest BCUT2D eigenvalue weighted by atomic mass is 16.6. The molecule has 4 aromatic heterocycles. The molecule has 4 heterocycles. The molecule has 27 nitrogen and oxygen atoms in total. The number of rotatable bonds is 52. The number of nitrogens with one attached hydrogen (secondary N) is 10. The average molecular weight is 1530 g/mol. The van der Waals surface area contributed by atoms with Crippen LogP contribution in [0, 0.1) is 11.8 Å². The predicted octanol–water partition coefficient (Wildman–Crippen LogP) is 10.4. The minimum atomic E-state index is -1.13. The van der Waals surface area contributed by atoms with Gasteiger partial charge in [-0.25, -0.2) is 9.59 Å². The molecule has 592 valence electrons. The molecule has 0 aliphatic carbocycles. The maximum absolute atomic E-state index is 14.4. The summed E-state index contributed by atoms with van der Waals surface area (Å²) in [6.45, 7) is 13.6. The molecule has 12 N–H and O–H groups in total. The fraction of sp³-hybridized carbons (Fsp3) is 0.405. The van der Waals surface area contributed by atoms with E-state index in [1.807, 2.05) is 150 Å². The van der Waals surface area contributed by atoms with E-state index in [2.05, 4.69) is 51.8 Å². The molecule has 0 spiro atoms. The zero-order valence-electron chi connectivity index (χ0n) is 63.5. The molecule has 0 radical (unpaired) electrons. The van der Waals surface area contributed by atoms with Crippen molar-refractivity contribution in [2.24, 2.45) is 11.8 Å². The van der Waals surface area contributed by atoms with Gasteiger partial charge in [-0.3, -0.25) is 19.2 Å². The summed E-state index contributed by atoms with van der Waals surface area (Å²) >= 11 is 0. The summed E-state index contributed by atoms with van der Waals surface area (Å²) in [6.07, 6.45) is 9.90. The van der Waals surface area contributed by atoms with Crippen LogP contribution in [-0.2, 0) is 78.0 Å². The summed E-state index contributed by atoms with van der Waals surface area (Å²) in [5.41, 5.74) is 8.88. The lowest BCUT2D eigenvalue weighted by molar-refractivity contribution is -0.140. The van der Waals surface area contributed by atoms with Crippen molar-refractivity contribution in [1.29, 1.82) is 0 Å². The molecular formula is C84H104N10O17. The van der Waals surface area contributed by atoms with Crippen LogP contribution >= 0.6 is 0 Å². The predicted molar refractivity (Wildman–Crippen MR) is 425 cm³/mol. The SMILES string of the molecule is CC(C)C[C@H](NC(=O)c1ccc(NC(=O)[C@H](Cc2c[nH]c3ccccc23)NCCOCCOCCOCCOCCOCCOCCOCCN[C@@H](Cc2c[nH]c3ccccc23)C(=O)Nc2ccc(C(=O)N[C@@H](CC(C)C)C(=O)O)cc2OCCc2c[nH]c3ccccc23)c(OCCc2c[nH]c3ccccc23)c1)C(=O)O. The van der Waals surface area contributed by atoms with Crippen molar-refractivity contribution in [3.63, 3.8) is 0 Å². The van der Waals surface area contributed by atoms with Crippen molar-refractivity contribution in [2.75, 3.05) is 129 Å². The van der Waals surface area contributed by atoms with Gasteiger partial charge in [0.15, 0.2) is 0 Å². The van der Waals surface area contributed by atoms with Crippen LogP contribution in [0.4, 0.5) is 11.4 Å². The van der Waals surface area contributed by atoms with Gasteiger partial charge in [-0.1, -0.05) is 100 Å². The van der Waals surface area contributed by atoms with Gasteiger partial charge in [0, 0.05) is 105 Å². The van der Waals surface area contributed by atoms with Gasteiger partial charge < -0.3 is 105 Å². The number of ether oxygens (including phenoxy) is 9. The number of aromatic amines is 4. The van der Waals surface area contributed by atoms with Crippen LogP contribution in [0.15, 0.2) is 158 Å². The van der Waals surface area contributed by atoms with Gasteiger partial charge in [0.25, 0.3) is 11.8 Å². The molecule has 6 aromatic carbocycles. The summed E-state index contributed by atoms with van der Waals surface area (Å²) < 4.78 is 53.0. The van der Waals surface area contributed by atoms with Crippen LogP contribution in [0.5, 0.6) is 11.5 Å². The standard InChI is InChI=1S/C84H104N10O17/c1-55(2)45-75(83(99)100)93-79(95)57-21-23-71(77(49-57)110-29-25-59-51-87-67-17-9-5-13-63(59)67)91-81(97)73(47-61-53-89-69-19-11-7-15-65(61)69)85-27-31-103-33-35-105-37-39-107-41-43-109-44-42-108-40-38-106-36-34-104-32-28-86-74(48-62-54-90-70-20-12-8-16-66(62)70)82(98)92-72-24-22-58(80(96)94-76(84(101)102)46-56(3)4)50-78(72)111-30-26-60-52-88-68-18-10-6-14-64(60)68/h5-24,49-56,73-76,85-90H,25-48H2,1-4H3,(H,91,97)(H,92,98)(H,93,95)(H,94,96)(H,99,100)(H,101,102)/t73-,74-,75-,76-/m0/s1. The first kappa shape index (κ1) is 83.0. The van der Waals surface area contributed by atoms with E-state index in [1.165, 1.54) is 12.1 Å². The molecule has 0 aliphatic rings. The second-order valence-corrected chi connectivity index (χ2v) is 27.7. The normalized spacial score (nSPS) is 12.7. The van der Waals surface area contributed by atoms with E-state index in [9.17, 15) is 39.0 Å². The number of aliphatic carboxylic acids is 2. The highest BCUT2D eigenvalue weighted by molar-refractivity contribution is 6.02. The number of fused-ring (bicyclic) bond motifs is 4. The van der Waals surface area contributed by atoms with Gasteiger partial charge in [-0.15, -0.1) is 0 Å². The number of hydrogen-bond acceptors (Lipinski definition) is 17. The van der Waals surface area contributed by atoms with Gasteiger partial charge >= 0.3 is 11.9 Å². The minimum absolute atomic E-state index is 0.0266. The molecule has 4 amide bonds. The molecular weight excluding hydrogens is 1420 g/mol. The molecule has 10 rings (SSSR count). The zero-order chi connectivity index (χ0) is 78.1. The molecule has 27 heteroatoms. The van der Waals surface area contributed by atoms with E-state index in [0.717, 1.165) is 65.9 Å². The van der Waals surface area contributed by atoms with E-state index in [1.54, 1.807) is 24.3 Å². The number of carbonyl (C=O) groups is 6. The van der Waals surface area contributed by atoms with E-state index < -0.39 is 47.9 Å². The van der Waals surface area contributed by atoms with Crippen LogP contribution < -0.4 is 41.4 Å². The van der Waals surface area contributed by atoms with Crippen LogP contribution in [0.2, 0.25) is 0 Å². The van der Waals surface area contributed by atoms with E-state index in [4.69, 9.17) is 42.6 Å². The molecule has 4 atom stereocenters. The maximum atomic E-state index is 14.4. The summed E-state index contributed by atoms with van der Waals surface area (Å²) in [7, 11) is 0.